The number of ether oxygens (including phenoxy) is 3. The highest BCUT2D eigenvalue weighted by Crippen LogP contribution is 2.43. The molecule has 1 atom stereocenters. The summed E-state index contributed by atoms with van der Waals surface area (Å²) in [6.07, 6.45) is 0. The number of allylic oxidation sites excluding steroid dienone is 1. The predicted octanol–water partition coefficient (Wildman–Crippen LogP) is 2.12. The van der Waals surface area contributed by atoms with Crippen molar-refractivity contribution in [1.82, 2.24) is 10.2 Å². The maximum atomic E-state index is 13.2. The molecule has 1 aromatic rings. The number of aliphatic imine (C=N–C) groups is 1. The van der Waals surface area contributed by atoms with Crippen LogP contribution in [0.3, 0.4) is 0 Å². The summed E-state index contributed by atoms with van der Waals surface area (Å²) in [5.41, 5.74) is 7.37. The van der Waals surface area contributed by atoms with Gasteiger partial charge in [-0.05, 0) is 25.5 Å². The first-order chi connectivity index (χ1) is 16.7. The van der Waals surface area contributed by atoms with Gasteiger partial charge in [-0.2, -0.15) is 4.99 Å². The van der Waals surface area contributed by atoms with Crippen LogP contribution in [0.25, 0.3) is 0 Å². The van der Waals surface area contributed by atoms with Crippen molar-refractivity contribution < 1.29 is 28.6 Å². The van der Waals surface area contributed by atoms with E-state index in [1.54, 1.807) is 36.9 Å². The molecule has 188 valence electrons. The molecule has 0 aromatic heterocycles. The van der Waals surface area contributed by atoms with E-state index in [2.05, 4.69) is 10.3 Å². The Morgan fingerprint density at radius 3 is 2.63 bits per heavy atom. The molecule has 1 aromatic carbocycles. The van der Waals surface area contributed by atoms with E-state index >= 15 is 0 Å². The van der Waals surface area contributed by atoms with E-state index in [0.29, 0.717) is 23.5 Å². The van der Waals surface area contributed by atoms with E-state index in [0.717, 1.165) is 0 Å². The number of amides is 1. The molecule has 0 bridgehead atoms. The standard InChI is InChI=1S/C23H26Cl2N4O6/c1-4-35-22(32)19-15(11-34-9-8-29-10-16(30)28-23(29)26)27-12(2)17(21(31)33-3)18(19)13-6-5-7-14(24)20(13)25/h5-7,18,27H,4,8-11H2,1-3H3,(H2,26,28,30). The summed E-state index contributed by atoms with van der Waals surface area (Å²) in [6.45, 7) is 4.07. The molecule has 2 aliphatic rings. The Balaban J connectivity index is 1.97. The van der Waals surface area contributed by atoms with Gasteiger partial charge in [-0.25, -0.2) is 9.59 Å². The van der Waals surface area contributed by atoms with Crippen LogP contribution in [0, 0.1) is 0 Å². The number of nitrogens with one attached hydrogen (secondary N) is 1. The summed E-state index contributed by atoms with van der Waals surface area (Å²) in [5.74, 6) is -2.37. The summed E-state index contributed by atoms with van der Waals surface area (Å²) in [6, 6.07) is 4.97. The maximum Gasteiger partial charge on any atom is 0.336 e. The molecule has 3 N–H and O–H groups in total. The van der Waals surface area contributed by atoms with Crippen LogP contribution in [0.4, 0.5) is 0 Å². The number of nitrogens with two attached hydrogens (primary N) is 1. The zero-order valence-corrected chi connectivity index (χ0v) is 21.0. The Labute approximate surface area is 212 Å². The molecule has 12 heteroatoms. The molecule has 1 unspecified atom stereocenters. The molecule has 0 fully saturated rings. The van der Waals surface area contributed by atoms with Crippen molar-refractivity contribution >= 4 is 47.0 Å². The van der Waals surface area contributed by atoms with Crippen molar-refractivity contribution in [2.45, 2.75) is 19.8 Å². The van der Waals surface area contributed by atoms with Gasteiger partial charge in [0.15, 0.2) is 5.96 Å². The highest BCUT2D eigenvalue weighted by Gasteiger charge is 2.40. The number of carbonyl (C=O) groups excluding carboxylic acids is 3. The van der Waals surface area contributed by atoms with Gasteiger partial charge in [0.05, 0.1) is 59.7 Å². The number of dihydropyridines is 1. The topological polar surface area (TPSA) is 133 Å². The van der Waals surface area contributed by atoms with E-state index in [4.69, 9.17) is 43.1 Å². The van der Waals surface area contributed by atoms with Gasteiger partial charge in [0.2, 0.25) is 0 Å². The van der Waals surface area contributed by atoms with Gasteiger partial charge in [0, 0.05) is 12.2 Å². The Kier molecular flexibility index (Phi) is 8.76. The van der Waals surface area contributed by atoms with Crippen molar-refractivity contribution in [1.29, 1.82) is 0 Å². The first-order valence-corrected chi connectivity index (χ1v) is 11.5. The number of benzene rings is 1. The lowest BCUT2D eigenvalue weighted by Crippen LogP contribution is -2.37. The van der Waals surface area contributed by atoms with Crippen LogP contribution in [0.1, 0.15) is 25.3 Å². The van der Waals surface area contributed by atoms with E-state index < -0.39 is 17.9 Å². The van der Waals surface area contributed by atoms with Crippen molar-refractivity contribution in [2.75, 3.05) is 40.0 Å². The van der Waals surface area contributed by atoms with Gasteiger partial charge in [0.1, 0.15) is 6.54 Å². The third-order valence-corrected chi connectivity index (χ3v) is 6.31. The molecule has 10 nitrogen and oxygen atoms in total. The van der Waals surface area contributed by atoms with Gasteiger partial charge < -0.3 is 30.2 Å². The van der Waals surface area contributed by atoms with Crippen molar-refractivity contribution in [3.8, 4) is 0 Å². The van der Waals surface area contributed by atoms with Crippen LogP contribution in [0.2, 0.25) is 10.0 Å². The quantitative estimate of drug-likeness (QED) is 0.368. The summed E-state index contributed by atoms with van der Waals surface area (Å²) < 4.78 is 16.1. The third-order valence-electron chi connectivity index (χ3n) is 5.48. The lowest BCUT2D eigenvalue weighted by atomic mass is 9.80. The second-order valence-electron chi connectivity index (χ2n) is 7.68. The van der Waals surface area contributed by atoms with Crippen molar-refractivity contribution in [3.05, 3.63) is 56.3 Å². The number of nitrogens with zero attached hydrogens (tertiary/aromatic N) is 2. The zero-order valence-electron chi connectivity index (χ0n) is 19.5. The predicted molar refractivity (Wildman–Crippen MR) is 130 cm³/mol. The minimum Gasteiger partial charge on any atom is -0.466 e. The smallest absolute Gasteiger partial charge is 0.336 e. The highest BCUT2D eigenvalue weighted by molar-refractivity contribution is 6.42. The normalized spacial score (nSPS) is 18.0. The monoisotopic (exact) mass is 524 g/mol. The van der Waals surface area contributed by atoms with Crippen LogP contribution in [0.5, 0.6) is 0 Å². The number of methoxy groups -OCH3 is 1. The molecule has 0 saturated heterocycles. The van der Waals surface area contributed by atoms with Crippen molar-refractivity contribution in [3.63, 3.8) is 0 Å². The average Bonchev–Trinajstić information content (AvgIpc) is 3.14. The van der Waals surface area contributed by atoms with Crippen molar-refractivity contribution in [2.24, 2.45) is 10.7 Å². The molecule has 2 aliphatic heterocycles. The average molecular weight is 525 g/mol. The number of halogens is 2. The van der Waals surface area contributed by atoms with Crippen LogP contribution in [-0.4, -0.2) is 68.7 Å². The summed E-state index contributed by atoms with van der Waals surface area (Å²) in [7, 11) is 1.25. The molecule has 0 saturated carbocycles. The number of esters is 2. The second-order valence-corrected chi connectivity index (χ2v) is 8.47. The molecule has 0 radical (unpaired) electrons. The first-order valence-electron chi connectivity index (χ1n) is 10.8. The number of rotatable bonds is 9. The fraction of sp³-hybridized carbons (Fsp3) is 0.391. The number of hydrogen-bond acceptors (Lipinski definition) is 9. The van der Waals surface area contributed by atoms with Gasteiger partial charge in [-0.3, -0.25) is 4.79 Å². The Bertz CT molecular complexity index is 1130. The van der Waals surface area contributed by atoms with Crippen LogP contribution < -0.4 is 11.1 Å². The molecule has 35 heavy (non-hydrogen) atoms. The van der Waals surface area contributed by atoms with Crippen LogP contribution in [0.15, 0.2) is 45.7 Å². The molecule has 3 rings (SSSR count). The van der Waals surface area contributed by atoms with Gasteiger partial charge in [-0.1, -0.05) is 35.3 Å². The highest BCUT2D eigenvalue weighted by atomic mass is 35.5. The summed E-state index contributed by atoms with van der Waals surface area (Å²) in [4.78, 5) is 42.6. The van der Waals surface area contributed by atoms with Crippen LogP contribution in [-0.2, 0) is 28.6 Å². The van der Waals surface area contributed by atoms with Gasteiger partial charge >= 0.3 is 11.9 Å². The van der Waals surface area contributed by atoms with E-state index in [1.807, 2.05) is 0 Å². The fourth-order valence-electron chi connectivity index (χ4n) is 3.92. The number of hydrogen-bond donors (Lipinski definition) is 2. The minimum atomic E-state index is -0.911. The first kappa shape index (κ1) is 26.5. The molecule has 2 heterocycles. The minimum absolute atomic E-state index is 0.0204. The Morgan fingerprint density at radius 2 is 2.00 bits per heavy atom. The molecule has 0 spiro atoms. The Hall–Kier alpha value is -3.08. The van der Waals surface area contributed by atoms with E-state index in [1.165, 1.54) is 7.11 Å². The fourth-order valence-corrected chi connectivity index (χ4v) is 4.33. The third kappa shape index (κ3) is 5.77. The SMILES string of the molecule is CCOC(=O)C1=C(COCCN2CC(=O)N=C2N)NC(C)=C(C(=O)OC)C1c1cccc(Cl)c1Cl. The van der Waals surface area contributed by atoms with E-state index in [-0.39, 0.29) is 59.4 Å². The summed E-state index contributed by atoms with van der Waals surface area (Å²) >= 11 is 12.8. The molecular formula is C23H26Cl2N4O6. The van der Waals surface area contributed by atoms with Crippen LogP contribution >= 0.6 is 23.2 Å². The van der Waals surface area contributed by atoms with Gasteiger partial charge in [0.25, 0.3) is 5.91 Å². The lowest BCUT2D eigenvalue weighted by Gasteiger charge is -2.32. The second kappa shape index (κ2) is 11.6. The Morgan fingerprint density at radius 1 is 1.26 bits per heavy atom. The largest absolute Gasteiger partial charge is 0.466 e. The zero-order chi connectivity index (χ0) is 25.7. The van der Waals surface area contributed by atoms with Gasteiger partial charge in [-0.15, -0.1) is 0 Å². The number of carbonyl (C=O) groups is 3. The van der Waals surface area contributed by atoms with E-state index in [9.17, 15) is 14.4 Å². The summed E-state index contributed by atoms with van der Waals surface area (Å²) in [5, 5.41) is 3.56. The molecular weight excluding hydrogens is 499 g/mol. The lowest BCUT2D eigenvalue weighted by molar-refractivity contribution is -0.139. The molecule has 1 amide bonds. The number of guanidine groups is 1. The molecule has 0 aliphatic carbocycles. The maximum absolute atomic E-state index is 13.2.